The van der Waals surface area contributed by atoms with Gasteiger partial charge in [-0.05, 0) is 35.4 Å². The maximum atomic E-state index is 5.70. The summed E-state index contributed by atoms with van der Waals surface area (Å²) in [5, 5.41) is 15.1. The summed E-state index contributed by atoms with van der Waals surface area (Å²) >= 11 is 0. The Kier molecular flexibility index (Phi) is 3.60. The molecule has 0 fully saturated rings. The normalized spacial score (nSPS) is 10.6. The van der Waals surface area contributed by atoms with E-state index in [1.54, 1.807) is 13.3 Å². The fraction of sp³-hybridized carbons (Fsp3) is 0.231. The van der Waals surface area contributed by atoms with E-state index in [9.17, 15) is 0 Å². The topological polar surface area (TPSA) is 114 Å². The summed E-state index contributed by atoms with van der Waals surface area (Å²) < 4.78 is 16.9. The minimum Gasteiger partial charge on any atom is -0.493 e. The molecule has 0 saturated carbocycles. The third-order valence-electron chi connectivity index (χ3n) is 3.00. The van der Waals surface area contributed by atoms with Gasteiger partial charge < -0.3 is 15.2 Å². The van der Waals surface area contributed by atoms with E-state index in [1.165, 1.54) is 4.68 Å². The molecule has 0 amide bonds. The van der Waals surface area contributed by atoms with Crippen LogP contribution in [-0.2, 0) is 0 Å². The summed E-state index contributed by atoms with van der Waals surface area (Å²) in [6, 6.07) is 5.51. The highest BCUT2D eigenvalue weighted by molar-refractivity contribution is 5.66. The number of aromatic nitrogens is 5. The van der Waals surface area contributed by atoms with Gasteiger partial charge in [-0.1, -0.05) is 5.21 Å². The van der Waals surface area contributed by atoms with E-state index in [0.717, 1.165) is 5.56 Å². The van der Waals surface area contributed by atoms with Gasteiger partial charge in [0.2, 0.25) is 11.6 Å². The molecular weight excluding hydrogens is 288 g/mol. The largest absolute Gasteiger partial charge is 0.493 e. The molecule has 0 saturated heterocycles. The van der Waals surface area contributed by atoms with E-state index in [-0.39, 0.29) is 11.6 Å². The lowest BCUT2D eigenvalue weighted by atomic mass is 10.1. The smallest absolute Gasteiger partial charge is 0.243 e. The van der Waals surface area contributed by atoms with E-state index in [4.69, 9.17) is 15.2 Å². The highest BCUT2D eigenvalue weighted by atomic mass is 16.6. The van der Waals surface area contributed by atoms with Crippen molar-refractivity contribution in [3.63, 3.8) is 0 Å². The average Bonchev–Trinajstić information content (AvgIpc) is 3.16. The number of methoxy groups -OCH3 is 1. The molecule has 3 aromatic rings. The van der Waals surface area contributed by atoms with Crippen molar-refractivity contribution in [2.24, 2.45) is 0 Å². The predicted molar refractivity (Wildman–Crippen MR) is 76.8 cm³/mol. The second-order valence-corrected chi connectivity index (χ2v) is 4.30. The Morgan fingerprint density at radius 2 is 2.14 bits per heavy atom. The van der Waals surface area contributed by atoms with Gasteiger partial charge in [0, 0.05) is 5.56 Å². The first-order valence-corrected chi connectivity index (χ1v) is 6.55. The Balaban J connectivity index is 2.06. The molecule has 0 bridgehead atoms. The molecule has 2 N–H and O–H groups in total. The highest BCUT2D eigenvalue weighted by Gasteiger charge is 2.17. The van der Waals surface area contributed by atoms with Crippen molar-refractivity contribution in [3.05, 3.63) is 24.4 Å². The number of rotatable bonds is 5. The van der Waals surface area contributed by atoms with Crippen LogP contribution < -0.4 is 15.2 Å². The number of nitrogens with two attached hydrogens (primary N) is 1. The van der Waals surface area contributed by atoms with Gasteiger partial charge in [0.05, 0.1) is 25.6 Å². The third-order valence-corrected chi connectivity index (χ3v) is 3.00. The van der Waals surface area contributed by atoms with E-state index in [1.807, 2.05) is 25.1 Å². The zero-order valence-electron chi connectivity index (χ0n) is 12.1. The number of ether oxygens (including phenoxy) is 2. The van der Waals surface area contributed by atoms with E-state index >= 15 is 0 Å². The zero-order chi connectivity index (χ0) is 15.5. The molecule has 0 aliphatic rings. The number of hydrogen-bond acceptors (Lipinski definition) is 8. The molecule has 3 rings (SSSR count). The minimum atomic E-state index is 0.129. The maximum absolute atomic E-state index is 5.70. The van der Waals surface area contributed by atoms with Crippen molar-refractivity contribution in [2.45, 2.75) is 6.92 Å². The maximum Gasteiger partial charge on any atom is 0.243 e. The van der Waals surface area contributed by atoms with Crippen LogP contribution in [0.5, 0.6) is 11.5 Å². The third kappa shape index (κ3) is 2.32. The second-order valence-electron chi connectivity index (χ2n) is 4.30. The molecule has 0 atom stereocenters. The molecule has 9 nitrogen and oxygen atoms in total. The summed E-state index contributed by atoms with van der Waals surface area (Å²) in [5.74, 6) is 1.68. The van der Waals surface area contributed by atoms with Crippen molar-refractivity contribution in [3.8, 4) is 28.6 Å². The number of anilines is 1. The van der Waals surface area contributed by atoms with Crippen LogP contribution >= 0.6 is 0 Å². The first-order chi connectivity index (χ1) is 10.7. The van der Waals surface area contributed by atoms with Crippen LogP contribution in [0.1, 0.15) is 6.92 Å². The zero-order valence-corrected chi connectivity index (χ0v) is 12.1. The molecule has 0 radical (unpaired) electrons. The molecule has 0 aliphatic carbocycles. The van der Waals surface area contributed by atoms with Crippen LogP contribution in [0.4, 0.5) is 5.82 Å². The summed E-state index contributed by atoms with van der Waals surface area (Å²) in [6.07, 6.45) is 1.59. The van der Waals surface area contributed by atoms with Crippen molar-refractivity contribution in [2.75, 3.05) is 19.5 Å². The van der Waals surface area contributed by atoms with E-state index < -0.39 is 0 Å². The van der Waals surface area contributed by atoms with Gasteiger partial charge in [-0.2, -0.15) is 4.68 Å². The van der Waals surface area contributed by atoms with Gasteiger partial charge >= 0.3 is 0 Å². The molecule has 0 unspecified atom stereocenters. The molecule has 9 heteroatoms. The number of nitrogens with zero attached hydrogens (tertiary/aromatic N) is 5. The Labute approximate surface area is 125 Å². The van der Waals surface area contributed by atoms with Crippen LogP contribution in [0.15, 0.2) is 29.0 Å². The Morgan fingerprint density at radius 3 is 2.82 bits per heavy atom. The first-order valence-electron chi connectivity index (χ1n) is 6.55. The van der Waals surface area contributed by atoms with Crippen LogP contribution in [-0.4, -0.2) is 39.0 Å². The molecule has 0 aliphatic heterocycles. The lowest BCUT2D eigenvalue weighted by molar-refractivity contribution is 0.307. The number of hydrogen-bond donors (Lipinski definition) is 1. The summed E-state index contributed by atoms with van der Waals surface area (Å²) in [6.45, 7) is 2.46. The fourth-order valence-corrected chi connectivity index (χ4v) is 2.03. The number of nitrogen functional groups attached to an aromatic ring is 1. The first kappa shape index (κ1) is 13.9. The quantitative estimate of drug-likeness (QED) is 0.750. The molecular formula is C13H14N6O3. The summed E-state index contributed by atoms with van der Waals surface area (Å²) in [5.41, 5.74) is 7.18. The Hall–Kier alpha value is -3.10. The molecule has 2 heterocycles. The van der Waals surface area contributed by atoms with Gasteiger partial charge in [0.25, 0.3) is 0 Å². The van der Waals surface area contributed by atoms with Gasteiger partial charge in [-0.25, -0.2) is 4.63 Å². The molecule has 1 aromatic carbocycles. The lowest BCUT2D eigenvalue weighted by Crippen LogP contribution is -2.03. The van der Waals surface area contributed by atoms with Crippen molar-refractivity contribution >= 4 is 5.82 Å². The fourth-order valence-electron chi connectivity index (χ4n) is 2.03. The molecule has 0 spiro atoms. The van der Waals surface area contributed by atoms with E-state index in [2.05, 4.69) is 25.3 Å². The van der Waals surface area contributed by atoms with Crippen LogP contribution in [0.3, 0.4) is 0 Å². The summed E-state index contributed by atoms with van der Waals surface area (Å²) in [7, 11) is 1.58. The number of benzene rings is 1. The van der Waals surface area contributed by atoms with Crippen LogP contribution in [0, 0.1) is 0 Å². The predicted octanol–water partition coefficient (Wildman–Crippen LogP) is 1.31. The average molecular weight is 302 g/mol. The second kappa shape index (κ2) is 5.72. The Bertz CT molecular complexity index is 782. The minimum absolute atomic E-state index is 0.129. The highest BCUT2D eigenvalue weighted by Crippen LogP contribution is 2.33. The Morgan fingerprint density at radius 1 is 1.27 bits per heavy atom. The summed E-state index contributed by atoms with van der Waals surface area (Å²) in [4.78, 5) is 0. The van der Waals surface area contributed by atoms with Crippen LogP contribution in [0.2, 0.25) is 0 Å². The molecule has 22 heavy (non-hydrogen) atoms. The monoisotopic (exact) mass is 302 g/mol. The van der Waals surface area contributed by atoms with Gasteiger partial charge in [-0.3, -0.25) is 0 Å². The van der Waals surface area contributed by atoms with E-state index in [0.29, 0.717) is 23.8 Å². The lowest BCUT2D eigenvalue weighted by Gasteiger charge is -2.11. The van der Waals surface area contributed by atoms with Crippen LogP contribution in [0.25, 0.3) is 17.1 Å². The SMILES string of the molecule is CCOc1ccc(-c2cnnn2-c2nonc2N)cc1OC. The van der Waals surface area contributed by atoms with Crippen molar-refractivity contribution in [1.82, 2.24) is 25.3 Å². The van der Waals surface area contributed by atoms with Gasteiger partial charge in [-0.15, -0.1) is 5.10 Å². The van der Waals surface area contributed by atoms with Gasteiger partial charge in [0.1, 0.15) is 0 Å². The van der Waals surface area contributed by atoms with Crippen molar-refractivity contribution < 1.29 is 14.1 Å². The van der Waals surface area contributed by atoms with Crippen molar-refractivity contribution in [1.29, 1.82) is 0 Å². The van der Waals surface area contributed by atoms with Gasteiger partial charge in [0.15, 0.2) is 11.5 Å². The molecule has 114 valence electrons. The molecule has 2 aromatic heterocycles. The standard InChI is InChI=1S/C13H14N6O3/c1-3-21-10-5-4-8(6-11(10)20-2)9-7-15-18-19(9)13-12(14)16-22-17-13/h4-7H,3H2,1-2H3,(H2,14,16).